The molecule has 2 atom stereocenters. The Morgan fingerprint density at radius 3 is 2.59 bits per heavy atom. The van der Waals surface area contributed by atoms with Gasteiger partial charge in [0.05, 0.1) is 0 Å². The lowest BCUT2D eigenvalue weighted by Gasteiger charge is -2.41. The maximum absolute atomic E-state index is 12.2. The van der Waals surface area contributed by atoms with Gasteiger partial charge < -0.3 is 4.79 Å². The predicted molar refractivity (Wildman–Crippen MR) is 89.9 cm³/mol. The molecule has 3 rings (SSSR count). The van der Waals surface area contributed by atoms with Crippen molar-refractivity contribution >= 4 is 6.29 Å². The summed E-state index contributed by atoms with van der Waals surface area (Å²) >= 11 is 0. The molecule has 0 saturated carbocycles. The molecule has 1 aliphatic heterocycles. The molecule has 1 N–H and O–H groups in total. The number of hydrogen-bond donors (Lipinski definition) is 1. The van der Waals surface area contributed by atoms with Gasteiger partial charge in [0, 0.05) is 6.04 Å². The minimum absolute atomic E-state index is 0.347. The zero-order chi connectivity index (χ0) is 15.4. The Bertz CT molecular complexity index is 637. The van der Waals surface area contributed by atoms with Crippen LogP contribution >= 0.6 is 0 Å². The number of benzene rings is 2. The number of nitrogens with one attached hydrogen (secondary N) is 1. The summed E-state index contributed by atoms with van der Waals surface area (Å²) in [5.74, 6) is 0. The van der Waals surface area contributed by atoms with E-state index in [1.54, 1.807) is 0 Å². The Morgan fingerprint density at radius 1 is 1.14 bits per heavy atom. The zero-order valence-corrected chi connectivity index (χ0v) is 13.1. The van der Waals surface area contributed by atoms with E-state index in [9.17, 15) is 4.79 Å². The molecule has 1 aliphatic rings. The first kappa shape index (κ1) is 15.0. The molecular weight excluding hydrogens is 270 g/mol. The predicted octanol–water partition coefficient (Wildman–Crippen LogP) is 3.83. The Kier molecular flexibility index (Phi) is 4.39. The number of hydrogen-bond acceptors (Lipinski definition) is 2. The summed E-state index contributed by atoms with van der Waals surface area (Å²) in [5, 5.41) is 3.66. The van der Waals surface area contributed by atoms with Crippen LogP contribution in [0, 0.1) is 0 Å². The summed E-state index contributed by atoms with van der Waals surface area (Å²) in [6.45, 7) is 2.21. The summed E-state index contributed by atoms with van der Waals surface area (Å²) in [5.41, 5.74) is 2.70. The van der Waals surface area contributed by atoms with Crippen LogP contribution in [0.2, 0.25) is 0 Å². The topological polar surface area (TPSA) is 29.1 Å². The maximum atomic E-state index is 12.2. The van der Waals surface area contributed by atoms with Gasteiger partial charge >= 0.3 is 0 Å². The fourth-order valence-electron chi connectivity index (χ4n) is 3.53. The van der Waals surface area contributed by atoms with Crippen molar-refractivity contribution in [2.24, 2.45) is 0 Å². The minimum atomic E-state index is -0.714. The van der Waals surface area contributed by atoms with E-state index in [2.05, 4.69) is 30.4 Å². The van der Waals surface area contributed by atoms with Gasteiger partial charge in [-0.1, -0.05) is 74.4 Å². The lowest BCUT2D eigenvalue weighted by Crippen LogP contribution is -2.54. The Morgan fingerprint density at radius 2 is 1.86 bits per heavy atom. The van der Waals surface area contributed by atoms with E-state index < -0.39 is 5.54 Å². The first-order chi connectivity index (χ1) is 10.8. The van der Waals surface area contributed by atoms with E-state index >= 15 is 0 Å². The molecule has 1 heterocycles. The summed E-state index contributed by atoms with van der Waals surface area (Å²) in [6, 6.07) is 18.8. The average Bonchev–Trinajstić information content (AvgIpc) is 2.60. The molecule has 114 valence electrons. The number of fused-ring (bicyclic) bond motifs is 1. The van der Waals surface area contributed by atoms with Crippen molar-refractivity contribution in [2.45, 2.75) is 44.2 Å². The van der Waals surface area contributed by atoms with Gasteiger partial charge in [0.1, 0.15) is 11.8 Å². The van der Waals surface area contributed by atoms with Crippen LogP contribution in [0.25, 0.3) is 0 Å². The van der Waals surface area contributed by atoms with E-state index in [0.717, 1.165) is 30.3 Å². The molecule has 2 aromatic rings. The highest BCUT2D eigenvalue weighted by Crippen LogP contribution is 2.35. The molecule has 2 unspecified atom stereocenters. The highest BCUT2D eigenvalue weighted by molar-refractivity contribution is 5.76. The normalized spacial score (nSPS) is 23.8. The quantitative estimate of drug-likeness (QED) is 0.849. The third-order valence-electron chi connectivity index (χ3n) is 4.65. The molecule has 22 heavy (non-hydrogen) atoms. The van der Waals surface area contributed by atoms with Gasteiger partial charge in [0.15, 0.2) is 0 Å². The molecule has 2 heteroatoms. The second-order valence-corrected chi connectivity index (χ2v) is 6.14. The summed E-state index contributed by atoms with van der Waals surface area (Å²) in [4.78, 5) is 12.2. The molecule has 0 aliphatic carbocycles. The first-order valence-corrected chi connectivity index (χ1v) is 8.18. The molecule has 0 saturated heterocycles. The molecule has 2 aromatic carbocycles. The number of carbonyl (C=O) groups is 1. The summed E-state index contributed by atoms with van der Waals surface area (Å²) < 4.78 is 0. The van der Waals surface area contributed by atoms with Crippen LogP contribution < -0.4 is 5.32 Å². The van der Waals surface area contributed by atoms with Crippen molar-refractivity contribution in [1.82, 2.24) is 5.32 Å². The van der Waals surface area contributed by atoms with Crippen molar-refractivity contribution in [1.29, 1.82) is 0 Å². The molecule has 0 spiro atoms. The van der Waals surface area contributed by atoms with Crippen molar-refractivity contribution in [2.75, 3.05) is 0 Å². The molecule has 0 fully saturated rings. The van der Waals surface area contributed by atoms with E-state index in [0.29, 0.717) is 6.04 Å². The SMILES string of the molecule is CCCCC1Cc2ccccc2C(C=O)(c2ccccc2)N1. The van der Waals surface area contributed by atoms with Gasteiger partial charge in [-0.3, -0.25) is 5.32 Å². The fourth-order valence-corrected chi connectivity index (χ4v) is 3.53. The molecule has 2 nitrogen and oxygen atoms in total. The average molecular weight is 293 g/mol. The Labute approximate surface area is 132 Å². The third kappa shape index (κ3) is 2.59. The van der Waals surface area contributed by atoms with Crippen molar-refractivity contribution in [3.63, 3.8) is 0 Å². The second kappa shape index (κ2) is 6.45. The van der Waals surface area contributed by atoms with E-state index in [1.807, 2.05) is 36.4 Å². The van der Waals surface area contributed by atoms with Crippen LogP contribution in [-0.4, -0.2) is 12.3 Å². The van der Waals surface area contributed by atoms with Crippen LogP contribution in [-0.2, 0) is 16.8 Å². The van der Waals surface area contributed by atoms with E-state index in [-0.39, 0.29) is 0 Å². The van der Waals surface area contributed by atoms with Crippen LogP contribution in [0.3, 0.4) is 0 Å². The fraction of sp³-hybridized carbons (Fsp3) is 0.350. The number of aldehydes is 1. The van der Waals surface area contributed by atoms with Crippen LogP contribution in [0.1, 0.15) is 42.9 Å². The summed E-state index contributed by atoms with van der Waals surface area (Å²) in [7, 11) is 0. The van der Waals surface area contributed by atoms with Gasteiger partial charge in [0.25, 0.3) is 0 Å². The standard InChI is InChI=1S/C20H23NO/c1-2-3-12-18-14-16-9-7-8-13-19(16)20(15-22,21-18)17-10-5-4-6-11-17/h4-11,13,15,18,21H,2-3,12,14H2,1H3. The Hall–Kier alpha value is -1.93. The van der Waals surface area contributed by atoms with Crippen molar-refractivity contribution in [3.8, 4) is 0 Å². The molecular formula is C20H23NO. The van der Waals surface area contributed by atoms with Gasteiger partial charge in [-0.15, -0.1) is 0 Å². The van der Waals surface area contributed by atoms with Crippen LogP contribution in [0.4, 0.5) is 0 Å². The van der Waals surface area contributed by atoms with Crippen LogP contribution in [0.5, 0.6) is 0 Å². The molecule has 0 amide bonds. The lowest BCUT2D eigenvalue weighted by atomic mass is 9.76. The first-order valence-electron chi connectivity index (χ1n) is 8.18. The summed E-state index contributed by atoms with van der Waals surface area (Å²) in [6.07, 6.45) is 5.55. The van der Waals surface area contributed by atoms with Crippen molar-refractivity contribution in [3.05, 3.63) is 71.3 Å². The number of carbonyl (C=O) groups excluding carboxylic acids is 1. The highest BCUT2D eigenvalue weighted by atomic mass is 16.1. The second-order valence-electron chi connectivity index (χ2n) is 6.14. The number of unbranched alkanes of at least 4 members (excludes halogenated alkanes) is 1. The van der Waals surface area contributed by atoms with Gasteiger partial charge in [-0.05, 0) is 29.5 Å². The van der Waals surface area contributed by atoms with Gasteiger partial charge in [-0.2, -0.15) is 0 Å². The molecule has 0 bridgehead atoms. The largest absolute Gasteiger partial charge is 0.301 e. The van der Waals surface area contributed by atoms with Crippen LogP contribution in [0.15, 0.2) is 54.6 Å². The van der Waals surface area contributed by atoms with Gasteiger partial charge in [-0.25, -0.2) is 0 Å². The van der Waals surface area contributed by atoms with E-state index in [1.165, 1.54) is 18.4 Å². The highest BCUT2D eigenvalue weighted by Gasteiger charge is 2.40. The Balaban J connectivity index is 2.08. The maximum Gasteiger partial charge on any atom is 0.149 e. The van der Waals surface area contributed by atoms with E-state index in [4.69, 9.17) is 0 Å². The minimum Gasteiger partial charge on any atom is -0.301 e. The van der Waals surface area contributed by atoms with Gasteiger partial charge in [0.2, 0.25) is 0 Å². The monoisotopic (exact) mass is 293 g/mol. The molecule has 0 aromatic heterocycles. The lowest BCUT2D eigenvalue weighted by molar-refractivity contribution is -0.112. The van der Waals surface area contributed by atoms with Crippen molar-refractivity contribution < 1.29 is 4.79 Å². The third-order valence-corrected chi connectivity index (χ3v) is 4.65. The smallest absolute Gasteiger partial charge is 0.149 e. The zero-order valence-electron chi connectivity index (χ0n) is 13.1. The molecule has 0 radical (unpaired) electrons. The number of rotatable bonds is 5.